The van der Waals surface area contributed by atoms with Gasteiger partial charge in [-0.25, -0.2) is 4.79 Å². The number of carboxylic acid groups (broad SMARTS) is 1. The first kappa shape index (κ1) is 14.5. The summed E-state index contributed by atoms with van der Waals surface area (Å²) >= 11 is 0. The first-order valence-corrected chi connectivity index (χ1v) is 5.40. The molecule has 0 fully saturated rings. The second-order valence-electron chi connectivity index (χ2n) is 3.77. The van der Waals surface area contributed by atoms with Crippen LogP contribution in [0.25, 0.3) is 0 Å². The average molecular weight is 266 g/mol. The Balaban J connectivity index is 2.77. The van der Waals surface area contributed by atoms with E-state index in [9.17, 15) is 14.4 Å². The van der Waals surface area contributed by atoms with Gasteiger partial charge in [0.1, 0.15) is 6.04 Å². The highest BCUT2D eigenvalue weighted by molar-refractivity contribution is 5.98. The van der Waals surface area contributed by atoms with Gasteiger partial charge in [-0.1, -0.05) is 6.07 Å². The number of esters is 1. The first-order chi connectivity index (χ1) is 8.93. The molecule has 7 heteroatoms. The normalized spacial score (nSPS) is 11.4. The van der Waals surface area contributed by atoms with E-state index in [0.717, 1.165) is 7.11 Å². The zero-order chi connectivity index (χ0) is 14.4. The molecule has 1 amide bonds. The van der Waals surface area contributed by atoms with E-state index in [0.29, 0.717) is 5.69 Å². The molecule has 1 aromatic carbocycles. The van der Waals surface area contributed by atoms with E-state index in [-0.39, 0.29) is 5.56 Å². The number of carboxylic acids is 1. The number of hydrogen-bond acceptors (Lipinski definition) is 5. The Bertz CT molecular complexity index is 501. The monoisotopic (exact) mass is 266 g/mol. The number of methoxy groups -OCH3 is 1. The molecule has 0 heterocycles. The molecule has 0 aromatic heterocycles. The van der Waals surface area contributed by atoms with E-state index in [1.165, 1.54) is 12.1 Å². The van der Waals surface area contributed by atoms with Crippen LogP contribution in [-0.2, 0) is 14.3 Å². The van der Waals surface area contributed by atoms with Gasteiger partial charge in [0.25, 0.3) is 5.91 Å². The molecule has 0 aliphatic heterocycles. The van der Waals surface area contributed by atoms with Crippen molar-refractivity contribution in [3.8, 4) is 0 Å². The first-order valence-electron chi connectivity index (χ1n) is 5.40. The van der Waals surface area contributed by atoms with Crippen molar-refractivity contribution in [2.45, 2.75) is 12.5 Å². The van der Waals surface area contributed by atoms with Crippen LogP contribution in [0.1, 0.15) is 16.8 Å². The van der Waals surface area contributed by atoms with Gasteiger partial charge in [-0.2, -0.15) is 0 Å². The lowest BCUT2D eigenvalue weighted by Gasteiger charge is -2.13. The van der Waals surface area contributed by atoms with Gasteiger partial charge in [-0.15, -0.1) is 0 Å². The number of nitrogens with one attached hydrogen (secondary N) is 1. The summed E-state index contributed by atoms with van der Waals surface area (Å²) in [6.45, 7) is 0. The summed E-state index contributed by atoms with van der Waals surface area (Å²) in [7, 11) is 1.14. The molecule has 0 saturated carbocycles. The van der Waals surface area contributed by atoms with Gasteiger partial charge in [0.05, 0.1) is 13.5 Å². The number of benzene rings is 1. The van der Waals surface area contributed by atoms with Crippen molar-refractivity contribution in [3.63, 3.8) is 0 Å². The van der Waals surface area contributed by atoms with Gasteiger partial charge in [0.2, 0.25) is 0 Å². The minimum absolute atomic E-state index is 0.219. The average Bonchev–Trinajstić information content (AvgIpc) is 2.37. The van der Waals surface area contributed by atoms with Crippen LogP contribution in [-0.4, -0.2) is 36.1 Å². The molecule has 0 spiro atoms. The Morgan fingerprint density at radius 2 is 2.11 bits per heavy atom. The van der Waals surface area contributed by atoms with Crippen molar-refractivity contribution >= 4 is 23.5 Å². The van der Waals surface area contributed by atoms with Crippen LogP contribution in [0.2, 0.25) is 0 Å². The number of carbonyl (C=O) groups excluding carboxylic acids is 2. The van der Waals surface area contributed by atoms with Gasteiger partial charge in [-0.05, 0) is 18.2 Å². The molecular weight excluding hydrogens is 252 g/mol. The Kier molecular flexibility index (Phi) is 4.87. The summed E-state index contributed by atoms with van der Waals surface area (Å²) in [5, 5.41) is 11.2. The SMILES string of the molecule is COC(=O)C[C@H](NC(=O)c1cccc(N)c1)C(=O)O. The highest BCUT2D eigenvalue weighted by atomic mass is 16.5. The highest BCUT2D eigenvalue weighted by Gasteiger charge is 2.24. The quantitative estimate of drug-likeness (QED) is 0.510. The smallest absolute Gasteiger partial charge is 0.326 e. The van der Waals surface area contributed by atoms with Gasteiger partial charge in [0.15, 0.2) is 0 Å². The van der Waals surface area contributed by atoms with Crippen LogP contribution in [0.4, 0.5) is 5.69 Å². The molecular formula is C12H14N2O5. The molecule has 19 heavy (non-hydrogen) atoms. The number of nitrogens with two attached hydrogens (primary N) is 1. The minimum Gasteiger partial charge on any atom is -0.480 e. The second-order valence-corrected chi connectivity index (χ2v) is 3.77. The topological polar surface area (TPSA) is 119 Å². The molecule has 1 atom stereocenters. The lowest BCUT2D eigenvalue weighted by atomic mass is 10.1. The molecule has 1 aromatic rings. The van der Waals surface area contributed by atoms with E-state index in [1.807, 2.05) is 0 Å². The lowest BCUT2D eigenvalue weighted by Crippen LogP contribution is -2.42. The van der Waals surface area contributed by atoms with E-state index in [1.54, 1.807) is 12.1 Å². The highest BCUT2D eigenvalue weighted by Crippen LogP contribution is 2.07. The van der Waals surface area contributed by atoms with Crippen molar-refractivity contribution in [1.29, 1.82) is 0 Å². The maximum absolute atomic E-state index is 11.8. The Labute approximate surface area is 109 Å². The summed E-state index contributed by atoms with van der Waals surface area (Å²) in [5.74, 6) is -2.66. The molecule has 0 unspecified atom stereocenters. The Morgan fingerprint density at radius 1 is 1.42 bits per heavy atom. The van der Waals surface area contributed by atoms with Crippen molar-refractivity contribution in [1.82, 2.24) is 5.32 Å². The summed E-state index contributed by atoms with van der Waals surface area (Å²) in [6.07, 6.45) is -0.445. The van der Waals surface area contributed by atoms with Crippen LogP contribution in [0.5, 0.6) is 0 Å². The number of hydrogen-bond donors (Lipinski definition) is 3. The number of anilines is 1. The zero-order valence-corrected chi connectivity index (χ0v) is 10.3. The predicted molar refractivity (Wildman–Crippen MR) is 66.4 cm³/mol. The minimum atomic E-state index is -1.35. The summed E-state index contributed by atoms with van der Waals surface area (Å²) in [4.78, 5) is 33.8. The number of amides is 1. The van der Waals surface area contributed by atoms with Gasteiger partial charge < -0.3 is 20.9 Å². The molecule has 1 rings (SSSR count). The van der Waals surface area contributed by atoms with E-state index >= 15 is 0 Å². The number of ether oxygens (including phenoxy) is 1. The third-order valence-electron chi connectivity index (χ3n) is 2.35. The maximum Gasteiger partial charge on any atom is 0.326 e. The van der Waals surface area contributed by atoms with E-state index < -0.39 is 30.3 Å². The third-order valence-corrected chi connectivity index (χ3v) is 2.35. The molecule has 0 aliphatic rings. The summed E-state index contributed by atoms with van der Waals surface area (Å²) < 4.78 is 4.36. The molecule has 102 valence electrons. The van der Waals surface area contributed by atoms with Crippen molar-refractivity contribution in [2.24, 2.45) is 0 Å². The second kappa shape index (κ2) is 6.39. The van der Waals surface area contributed by atoms with Crippen LogP contribution >= 0.6 is 0 Å². The lowest BCUT2D eigenvalue weighted by molar-refractivity contribution is -0.147. The fourth-order valence-electron chi connectivity index (χ4n) is 1.37. The van der Waals surface area contributed by atoms with Crippen molar-refractivity contribution in [3.05, 3.63) is 29.8 Å². The molecule has 4 N–H and O–H groups in total. The number of carbonyl (C=O) groups is 3. The number of rotatable bonds is 5. The standard InChI is InChI=1S/C12H14N2O5/c1-19-10(15)6-9(12(17)18)14-11(16)7-3-2-4-8(13)5-7/h2-5,9H,6,13H2,1H3,(H,14,16)(H,17,18)/t9-/m0/s1. The van der Waals surface area contributed by atoms with E-state index in [4.69, 9.17) is 10.8 Å². The van der Waals surface area contributed by atoms with E-state index in [2.05, 4.69) is 10.1 Å². The van der Waals surface area contributed by atoms with Gasteiger partial charge >= 0.3 is 11.9 Å². The Hall–Kier alpha value is -2.57. The summed E-state index contributed by atoms with van der Waals surface area (Å²) in [5.41, 5.74) is 6.12. The van der Waals surface area contributed by atoms with Crippen LogP contribution in [0.3, 0.4) is 0 Å². The molecule has 0 saturated heterocycles. The van der Waals surface area contributed by atoms with Crippen molar-refractivity contribution < 1.29 is 24.2 Å². The number of aliphatic carboxylic acids is 1. The van der Waals surface area contributed by atoms with Gasteiger partial charge in [0, 0.05) is 11.3 Å². The van der Waals surface area contributed by atoms with Crippen LogP contribution < -0.4 is 11.1 Å². The predicted octanol–water partition coefficient (Wildman–Crippen LogP) is 0.0149. The third kappa shape index (κ3) is 4.30. The largest absolute Gasteiger partial charge is 0.480 e. The van der Waals surface area contributed by atoms with Gasteiger partial charge in [-0.3, -0.25) is 9.59 Å². The number of nitrogen functional groups attached to an aromatic ring is 1. The maximum atomic E-state index is 11.8. The molecule has 7 nitrogen and oxygen atoms in total. The Morgan fingerprint density at radius 3 is 2.63 bits per heavy atom. The van der Waals surface area contributed by atoms with Crippen LogP contribution in [0, 0.1) is 0 Å². The molecule has 0 aliphatic carbocycles. The van der Waals surface area contributed by atoms with Crippen molar-refractivity contribution in [2.75, 3.05) is 12.8 Å². The fraction of sp³-hybridized carbons (Fsp3) is 0.250. The zero-order valence-electron chi connectivity index (χ0n) is 10.3. The molecule has 0 radical (unpaired) electrons. The van der Waals surface area contributed by atoms with Crippen LogP contribution in [0.15, 0.2) is 24.3 Å². The molecule has 0 bridgehead atoms. The fourth-order valence-corrected chi connectivity index (χ4v) is 1.37. The summed E-state index contributed by atoms with van der Waals surface area (Å²) in [6, 6.07) is 4.72.